The molecule has 0 aliphatic carbocycles. The van der Waals surface area contributed by atoms with Crippen LogP contribution in [0.3, 0.4) is 0 Å². The van der Waals surface area contributed by atoms with E-state index in [0.29, 0.717) is 0 Å². The minimum atomic E-state index is -1.00. The molecule has 0 atom stereocenters. The zero-order valence-electron chi connectivity index (χ0n) is 7.07. The SMILES string of the molecule is O=C(O)c1cc2ccc(Br)cc2cn1. The summed E-state index contributed by atoms with van der Waals surface area (Å²) in [6, 6.07) is 7.18. The number of hydrogen-bond acceptors (Lipinski definition) is 2. The number of carboxylic acids is 1. The summed E-state index contributed by atoms with van der Waals surface area (Å²) in [6.45, 7) is 0. The molecule has 1 aromatic heterocycles. The van der Waals surface area contributed by atoms with Gasteiger partial charge in [-0.05, 0) is 23.6 Å². The van der Waals surface area contributed by atoms with Crippen LogP contribution in [0.4, 0.5) is 0 Å². The molecule has 2 aromatic rings. The van der Waals surface area contributed by atoms with Crippen LogP contribution in [0.1, 0.15) is 10.5 Å². The van der Waals surface area contributed by atoms with Crippen LogP contribution < -0.4 is 0 Å². The van der Waals surface area contributed by atoms with Gasteiger partial charge < -0.3 is 5.11 Å². The van der Waals surface area contributed by atoms with Crippen molar-refractivity contribution in [3.05, 3.63) is 40.6 Å². The first kappa shape index (κ1) is 9.15. The number of aromatic carboxylic acids is 1. The van der Waals surface area contributed by atoms with E-state index in [1.807, 2.05) is 18.2 Å². The Bertz CT molecular complexity index is 510. The van der Waals surface area contributed by atoms with Gasteiger partial charge in [0.25, 0.3) is 0 Å². The minimum absolute atomic E-state index is 0.0693. The fourth-order valence-electron chi connectivity index (χ4n) is 1.23. The van der Waals surface area contributed by atoms with Gasteiger partial charge in [0.05, 0.1) is 0 Å². The van der Waals surface area contributed by atoms with Gasteiger partial charge in [-0.2, -0.15) is 0 Å². The number of nitrogens with zero attached hydrogens (tertiary/aromatic N) is 1. The lowest BCUT2D eigenvalue weighted by Gasteiger charge is -1.99. The van der Waals surface area contributed by atoms with Crippen molar-refractivity contribution in [2.75, 3.05) is 0 Å². The topological polar surface area (TPSA) is 50.2 Å². The summed E-state index contributed by atoms with van der Waals surface area (Å²) in [4.78, 5) is 14.5. The Labute approximate surface area is 88.5 Å². The molecule has 0 aliphatic rings. The lowest BCUT2D eigenvalue weighted by Crippen LogP contribution is -1.98. The monoisotopic (exact) mass is 251 g/mol. The van der Waals surface area contributed by atoms with E-state index in [2.05, 4.69) is 20.9 Å². The molecule has 70 valence electrons. The molecule has 0 bridgehead atoms. The van der Waals surface area contributed by atoms with Crippen LogP contribution in [0.25, 0.3) is 10.8 Å². The summed E-state index contributed by atoms with van der Waals surface area (Å²) in [7, 11) is 0. The Morgan fingerprint density at radius 1 is 1.29 bits per heavy atom. The summed E-state index contributed by atoms with van der Waals surface area (Å²) in [6.07, 6.45) is 1.56. The smallest absolute Gasteiger partial charge is 0.354 e. The van der Waals surface area contributed by atoms with Gasteiger partial charge in [0.15, 0.2) is 0 Å². The van der Waals surface area contributed by atoms with Crippen molar-refractivity contribution in [1.29, 1.82) is 0 Å². The summed E-state index contributed by atoms with van der Waals surface area (Å²) in [5, 5.41) is 10.5. The quantitative estimate of drug-likeness (QED) is 0.848. The maximum atomic E-state index is 10.6. The van der Waals surface area contributed by atoms with E-state index in [9.17, 15) is 4.79 Å². The number of carbonyl (C=O) groups is 1. The molecule has 1 heterocycles. The molecule has 2 rings (SSSR count). The molecule has 0 amide bonds. The fourth-order valence-corrected chi connectivity index (χ4v) is 1.61. The standard InChI is InChI=1S/C10H6BrNO2/c11-8-2-1-6-4-9(10(13)14)12-5-7(6)3-8/h1-5H,(H,13,14). The van der Waals surface area contributed by atoms with Crippen LogP contribution in [-0.4, -0.2) is 16.1 Å². The molecule has 0 aliphatic heterocycles. The van der Waals surface area contributed by atoms with Gasteiger partial charge in [0.2, 0.25) is 0 Å². The average Bonchev–Trinajstić information content (AvgIpc) is 2.16. The van der Waals surface area contributed by atoms with E-state index in [4.69, 9.17) is 5.11 Å². The molecule has 0 spiro atoms. The number of rotatable bonds is 1. The summed E-state index contributed by atoms with van der Waals surface area (Å²) >= 11 is 3.34. The molecule has 0 radical (unpaired) electrons. The normalized spacial score (nSPS) is 10.4. The lowest BCUT2D eigenvalue weighted by atomic mass is 10.1. The maximum Gasteiger partial charge on any atom is 0.354 e. The Kier molecular flexibility index (Phi) is 2.21. The second-order valence-electron chi connectivity index (χ2n) is 2.87. The Balaban J connectivity index is 2.67. The fraction of sp³-hybridized carbons (Fsp3) is 0. The van der Waals surface area contributed by atoms with Crippen LogP contribution in [0.15, 0.2) is 34.9 Å². The maximum absolute atomic E-state index is 10.6. The van der Waals surface area contributed by atoms with Gasteiger partial charge >= 0.3 is 5.97 Å². The van der Waals surface area contributed by atoms with Crippen LogP contribution in [0.2, 0.25) is 0 Å². The zero-order valence-corrected chi connectivity index (χ0v) is 8.65. The first-order valence-electron chi connectivity index (χ1n) is 3.95. The largest absolute Gasteiger partial charge is 0.477 e. The van der Waals surface area contributed by atoms with Gasteiger partial charge in [-0.1, -0.05) is 22.0 Å². The van der Waals surface area contributed by atoms with E-state index in [-0.39, 0.29) is 5.69 Å². The molecular weight excluding hydrogens is 246 g/mol. The van der Waals surface area contributed by atoms with Gasteiger partial charge in [-0.25, -0.2) is 9.78 Å². The van der Waals surface area contributed by atoms with Gasteiger partial charge in [0, 0.05) is 16.1 Å². The molecule has 0 saturated heterocycles. The zero-order chi connectivity index (χ0) is 10.1. The molecule has 1 aromatic carbocycles. The van der Waals surface area contributed by atoms with Crippen molar-refractivity contribution in [2.45, 2.75) is 0 Å². The summed E-state index contributed by atoms with van der Waals surface area (Å²) < 4.78 is 0.954. The molecule has 3 nitrogen and oxygen atoms in total. The highest BCUT2D eigenvalue weighted by Gasteiger charge is 2.04. The third-order valence-electron chi connectivity index (χ3n) is 1.90. The first-order chi connectivity index (χ1) is 6.66. The number of halogens is 1. The molecule has 0 fully saturated rings. The van der Waals surface area contributed by atoms with Crippen molar-refractivity contribution < 1.29 is 9.90 Å². The number of hydrogen-bond donors (Lipinski definition) is 1. The number of carboxylic acid groups (broad SMARTS) is 1. The molecule has 0 saturated carbocycles. The minimum Gasteiger partial charge on any atom is -0.477 e. The van der Waals surface area contributed by atoms with Crippen LogP contribution in [-0.2, 0) is 0 Å². The molecule has 4 heteroatoms. The first-order valence-corrected chi connectivity index (χ1v) is 4.75. The average molecular weight is 252 g/mol. The molecule has 0 unspecified atom stereocenters. The van der Waals surface area contributed by atoms with Gasteiger partial charge in [0.1, 0.15) is 5.69 Å². The second-order valence-corrected chi connectivity index (χ2v) is 3.78. The predicted molar refractivity (Wildman–Crippen MR) is 56.4 cm³/mol. The second kappa shape index (κ2) is 3.38. The third-order valence-corrected chi connectivity index (χ3v) is 2.40. The number of aromatic nitrogens is 1. The molecule has 14 heavy (non-hydrogen) atoms. The Hall–Kier alpha value is -1.42. The van der Waals surface area contributed by atoms with Crippen molar-refractivity contribution in [3.8, 4) is 0 Å². The summed E-state index contributed by atoms with van der Waals surface area (Å²) in [5.74, 6) is -1.00. The van der Waals surface area contributed by atoms with Crippen molar-refractivity contribution >= 4 is 32.7 Å². The van der Waals surface area contributed by atoms with Crippen LogP contribution in [0, 0.1) is 0 Å². The van der Waals surface area contributed by atoms with E-state index >= 15 is 0 Å². The highest BCUT2D eigenvalue weighted by Crippen LogP contribution is 2.19. The summed E-state index contributed by atoms with van der Waals surface area (Å²) in [5.41, 5.74) is 0.0693. The predicted octanol–water partition coefficient (Wildman–Crippen LogP) is 2.70. The Morgan fingerprint density at radius 2 is 2.07 bits per heavy atom. The van der Waals surface area contributed by atoms with Crippen LogP contribution >= 0.6 is 15.9 Å². The van der Waals surface area contributed by atoms with Crippen LogP contribution in [0.5, 0.6) is 0 Å². The van der Waals surface area contributed by atoms with E-state index in [1.165, 1.54) is 0 Å². The van der Waals surface area contributed by atoms with Gasteiger partial charge in [-0.3, -0.25) is 0 Å². The van der Waals surface area contributed by atoms with Crippen molar-refractivity contribution in [2.24, 2.45) is 0 Å². The highest BCUT2D eigenvalue weighted by molar-refractivity contribution is 9.10. The molecular formula is C10H6BrNO2. The van der Waals surface area contributed by atoms with E-state index in [0.717, 1.165) is 15.2 Å². The van der Waals surface area contributed by atoms with E-state index in [1.54, 1.807) is 12.3 Å². The highest BCUT2D eigenvalue weighted by atomic mass is 79.9. The third kappa shape index (κ3) is 1.61. The van der Waals surface area contributed by atoms with E-state index < -0.39 is 5.97 Å². The van der Waals surface area contributed by atoms with Crippen molar-refractivity contribution in [3.63, 3.8) is 0 Å². The number of fused-ring (bicyclic) bond motifs is 1. The van der Waals surface area contributed by atoms with Crippen molar-refractivity contribution in [1.82, 2.24) is 4.98 Å². The molecule has 1 N–H and O–H groups in total. The van der Waals surface area contributed by atoms with Gasteiger partial charge in [-0.15, -0.1) is 0 Å². The Morgan fingerprint density at radius 3 is 2.79 bits per heavy atom. The number of benzene rings is 1. The number of pyridine rings is 1. The lowest BCUT2D eigenvalue weighted by molar-refractivity contribution is 0.0691.